The standard InChI is InChI=1S/C12H20/c1-5-8-12(6-2)10-7-9-11(3)4/h8,10-11H,1,6-7,9H2,2-4H3. The van der Waals surface area contributed by atoms with E-state index in [0.29, 0.717) is 0 Å². The fourth-order valence-corrected chi connectivity index (χ4v) is 1.04. The Hall–Kier alpha value is -0.740. The highest BCUT2D eigenvalue weighted by atomic mass is 14.0. The van der Waals surface area contributed by atoms with E-state index in [9.17, 15) is 0 Å². The molecule has 0 aromatic heterocycles. The molecular weight excluding hydrogens is 144 g/mol. The van der Waals surface area contributed by atoms with Crippen molar-refractivity contribution in [2.45, 2.75) is 40.0 Å². The Labute approximate surface area is 76.7 Å². The Bertz CT molecular complexity index is 178. The molecule has 0 aliphatic heterocycles. The third-order valence-corrected chi connectivity index (χ3v) is 1.85. The summed E-state index contributed by atoms with van der Waals surface area (Å²) >= 11 is 0. The fraction of sp³-hybridized carbons (Fsp3) is 0.583. The fourth-order valence-electron chi connectivity index (χ4n) is 1.04. The van der Waals surface area contributed by atoms with Crippen LogP contribution in [0.2, 0.25) is 0 Å². The first kappa shape index (κ1) is 11.3. The molecular formula is C12H20. The number of allylic oxidation sites excluding steroid dienone is 3. The molecule has 68 valence electrons. The van der Waals surface area contributed by atoms with E-state index in [1.807, 2.05) is 6.08 Å². The molecule has 0 heterocycles. The van der Waals surface area contributed by atoms with Gasteiger partial charge in [-0.1, -0.05) is 33.4 Å². The van der Waals surface area contributed by atoms with Crippen LogP contribution in [-0.2, 0) is 0 Å². The molecule has 12 heavy (non-hydrogen) atoms. The highest BCUT2D eigenvalue weighted by Crippen LogP contribution is 2.09. The molecule has 0 aromatic rings. The summed E-state index contributed by atoms with van der Waals surface area (Å²) in [4.78, 5) is 0. The van der Waals surface area contributed by atoms with Gasteiger partial charge in [-0.2, -0.15) is 0 Å². The molecule has 0 aliphatic carbocycles. The zero-order valence-corrected chi connectivity index (χ0v) is 8.56. The quantitative estimate of drug-likeness (QED) is 0.424. The van der Waals surface area contributed by atoms with E-state index < -0.39 is 0 Å². The van der Waals surface area contributed by atoms with E-state index in [4.69, 9.17) is 0 Å². The van der Waals surface area contributed by atoms with Crippen molar-refractivity contribution in [3.8, 4) is 0 Å². The summed E-state index contributed by atoms with van der Waals surface area (Å²) in [5, 5.41) is 0. The maximum absolute atomic E-state index is 3.57. The second kappa shape index (κ2) is 6.94. The molecule has 0 saturated heterocycles. The van der Waals surface area contributed by atoms with Gasteiger partial charge in [0.1, 0.15) is 0 Å². The Kier molecular flexibility index (Phi) is 6.51. The Morgan fingerprint density at radius 1 is 1.50 bits per heavy atom. The van der Waals surface area contributed by atoms with Gasteiger partial charge in [-0.25, -0.2) is 0 Å². The topological polar surface area (TPSA) is 0 Å². The van der Waals surface area contributed by atoms with Crippen LogP contribution in [0.1, 0.15) is 40.0 Å². The van der Waals surface area contributed by atoms with Gasteiger partial charge in [-0.15, -0.1) is 5.73 Å². The first-order chi connectivity index (χ1) is 5.70. The van der Waals surface area contributed by atoms with E-state index in [1.165, 1.54) is 18.4 Å². The van der Waals surface area contributed by atoms with Crippen LogP contribution in [0, 0.1) is 5.92 Å². The molecule has 0 nitrogen and oxygen atoms in total. The van der Waals surface area contributed by atoms with Crippen LogP contribution in [0.25, 0.3) is 0 Å². The van der Waals surface area contributed by atoms with Crippen LogP contribution in [0.4, 0.5) is 0 Å². The SMILES string of the molecule is C=C=CC(=CCCC(C)C)CC. The zero-order valence-electron chi connectivity index (χ0n) is 8.56. The van der Waals surface area contributed by atoms with Crippen LogP contribution in [0.5, 0.6) is 0 Å². The van der Waals surface area contributed by atoms with E-state index in [2.05, 4.69) is 39.2 Å². The van der Waals surface area contributed by atoms with Gasteiger partial charge in [-0.05, 0) is 36.8 Å². The minimum atomic E-state index is 0.798. The smallest absolute Gasteiger partial charge is 0.0177 e. The van der Waals surface area contributed by atoms with Gasteiger partial charge >= 0.3 is 0 Å². The number of rotatable bonds is 5. The zero-order chi connectivity index (χ0) is 9.40. The van der Waals surface area contributed by atoms with Crippen molar-refractivity contribution in [3.63, 3.8) is 0 Å². The van der Waals surface area contributed by atoms with Crippen LogP contribution in [0.15, 0.2) is 30.0 Å². The summed E-state index contributed by atoms with van der Waals surface area (Å²) in [5.74, 6) is 0.798. The summed E-state index contributed by atoms with van der Waals surface area (Å²) < 4.78 is 0. The predicted octanol–water partition coefficient (Wildman–Crippen LogP) is 4.10. The van der Waals surface area contributed by atoms with Crippen molar-refractivity contribution in [2.75, 3.05) is 0 Å². The number of hydrogen-bond acceptors (Lipinski definition) is 0. The van der Waals surface area contributed by atoms with Crippen LogP contribution < -0.4 is 0 Å². The minimum absolute atomic E-state index is 0.798. The van der Waals surface area contributed by atoms with Crippen LogP contribution in [-0.4, -0.2) is 0 Å². The van der Waals surface area contributed by atoms with Crippen molar-refractivity contribution in [2.24, 2.45) is 5.92 Å². The van der Waals surface area contributed by atoms with E-state index >= 15 is 0 Å². The monoisotopic (exact) mass is 164 g/mol. The van der Waals surface area contributed by atoms with Crippen LogP contribution in [0.3, 0.4) is 0 Å². The van der Waals surface area contributed by atoms with E-state index in [1.54, 1.807) is 0 Å². The molecule has 0 spiro atoms. The third kappa shape index (κ3) is 6.00. The van der Waals surface area contributed by atoms with Gasteiger partial charge in [0.15, 0.2) is 0 Å². The Morgan fingerprint density at radius 3 is 2.58 bits per heavy atom. The van der Waals surface area contributed by atoms with Gasteiger partial charge < -0.3 is 0 Å². The second-order valence-electron chi connectivity index (χ2n) is 3.45. The maximum Gasteiger partial charge on any atom is -0.0177 e. The molecule has 0 N–H and O–H groups in total. The molecule has 0 rings (SSSR count). The van der Waals surface area contributed by atoms with Crippen molar-refractivity contribution < 1.29 is 0 Å². The summed E-state index contributed by atoms with van der Waals surface area (Å²) in [6.45, 7) is 10.2. The molecule has 0 fully saturated rings. The lowest BCUT2D eigenvalue weighted by atomic mass is 10.1. The minimum Gasteiger partial charge on any atom is -0.128 e. The molecule has 0 aliphatic rings. The lowest BCUT2D eigenvalue weighted by Crippen LogP contribution is -1.85. The Morgan fingerprint density at radius 2 is 2.17 bits per heavy atom. The van der Waals surface area contributed by atoms with Crippen molar-refractivity contribution in [3.05, 3.63) is 30.0 Å². The third-order valence-electron chi connectivity index (χ3n) is 1.85. The summed E-state index contributed by atoms with van der Waals surface area (Å²) in [6.07, 6.45) is 7.80. The van der Waals surface area contributed by atoms with Crippen molar-refractivity contribution in [1.29, 1.82) is 0 Å². The lowest BCUT2D eigenvalue weighted by Gasteiger charge is -2.00. The van der Waals surface area contributed by atoms with Gasteiger partial charge in [0.25, 0.3) is 0 Å². The Balaban J connectivity index is 3.86. The molecule has 0 bridgehead atoms. The van der Waals surface area contributed by atoms with Crippen molar-refractivity contribution >= 4 is 0 Å². The van der Waals surface area contributed by atoms with E-state index in [0.717, 1.165) is 12.3 Å². The van der Waals surface area contributed by atoms with Gasteiger partial charge in [0.2, 0.25) is 0 Å². The summed E-state index contributed by atoms with van der Waals surface area (Å²) in [5.41, 5.74) is 4.17. The molecule has 0 saturated carbocycles. The highest BCUT2D eigenvalue weighted by Gasteiger charge is 1.91. The summed E-state index contributed by atoms with van der Waals surface area (Å²) in [7, 11) is 0. The lowest BCUT2D eigenvalue weighted by molar-refractivity contribution is 0.593. The van der Waals surface area contributed by atoms with E-state index in [-0.39, 0.29) is 0 Å². The molecule has 0 amide bonds. The highest BCUT2D eigenvalue weighted by molar-refractivity contribution is 5.16. The first-order valence-electron chi connectivity index (χ1n) is 4.75. The maximum atomic E-state index is 3.57. The van der Waals surface area contributed by atoms with Gasteiger partial charge in [0, 0.05) is 0 Å². The van der Waals surface area contributed by atoms with Gasteiger partial charge in [0.05, 0.1) is 0 Å². The molecule has 0 radical (unpaired) electrons. The summed E-state index contributed by atoms with van der Waals surface area (Å²) in [6, 6.07) is 0. The molecule has 0 atom stereocenters. The molecule has 0 unspecified atom stereocenters. The van der Waals surface area contributed by atoms with Gasteiger partial charge in [-0.3, -0.25) is 0 Å². The second-order valence-corrected chi connectivity index (χ2v) is 3.45. The normalized spacial score (nSPS) is 11.5. The predicted molar refractivity (Wildman–Crippen MR) is 56.2 cm³/mol. The molecule has 0 aromatic carbocycles. The average molecular weight is 164 g/mol. The molecule has 0 heteroatoms. The van der Waals surface area contributed by atoms with Crippen LogP contribution >= 0.6 is 0 Å². The number of hydrogen-bond donors (Lipinski definition) is 0. The van der Waals surface area contributed by atoms with Crippen molar-refractivity contribution in [1.82, 2.24) is 0 Å². The largest absolute Gasteiger partial charge is 0.128 e. The first-order valence-corrected chi connectivity index (χ1v) is 4.75. The average Bonchev–Trinajstić information content (AvgIpc) is 2.02.